The molecule has 1 saturated heterocycles. The molecule has 1 nitrogen and oxygen atoms in total. The molecule has 0 atom stereocenters. The van der Waals surface area contributed by atoms with Gasteiger partial charge in [0.15, 0.2) is 0 Å². The van der Waals surface area contributed by atoms with Crippen molar-refractivity contribution in [3.63, 3.8) is 0 Å². The van der Waals surface area contributed by atoms with E-state index in [1.54, 1.807) is 13.2 Å². The molecular weight excluding hydrogens is 437 g/mol. The normalized spacial score (nSPS) is 17.5. The fourth-order valence-electron chi connectivity index (χ4n) is 2.90. The van der Waals surface area contributed by atoms with E-state index in [9.17, 15) is 13.2 Å². The first-order valence-corrected chi connectivity index (χ1v) is 11.3. The van der Waals surface area contributed by atoms with E-state index in [0.717, 1.165) is 35.8 Å². The average molecular weight is 457 g/mol. The summed E-state index contributed by atoms with van der Waals surface area (Å²) in [6, 6.07) is 12.9. The van der Waals surface area contributed by atoms with Crippen molar-refractivity contribution < 1.29 is 17.9 Å². The molecule has 154 valence electrons. The number of hydrogen-bond acceptors (Lipinski definition) is 3. The molecule has 2 aromatic rings. The number of alkyl halides is 3. The molecular formula is C22H20ClF3OS2. The number of halogens is 4. The summed E-state index contributed by atoms with van der Waals surface area (Å²) >= 11 is 10.1. The van der Waals surface area contributed by atoms with Crippen molar-refractivity contribution in [2.24, 2.45) is 0 Å². The van der Waals surface area contributed by atoms with Gasteiger partial charge >= 0.3 is 6.18 Å². The summed E-state index contributed by atoms with van der Waals surface area (Å²) in [5.74, 6) is 2.92. The molecule has 0 radical (unpaired) electrons. The number of benzene rings is 2. The maximum atomic E-state index is 12.7. The van der Waals surface area contributed by atoms with Crippen molar-refractivity contribution in [3.8, 4) is 5.75 Å². The standard InChI is InChI=1S/C22H20ClF3OS2/c1-27-19-11-9-17(10-12-19)21(28-14-3-15-29-21)13-2-4-20(23)16-5-7-18(8-6-16)22(24,25)26/h2,4-13H,3,14-15H2,1H3/b13-2+,20-4-. The first-order chi connectivity index (χ1) is 13.8. The zero-order valence-corrected chi connectivity index (χ0v) is 18.1. The molecule has 0 unspecified atom stereocenters. The Morgan fingerprint density at radius 2 is 1.66 bits per heavy atom. The molecule has 1 aliphatic rings. The maximum absolute atomic E-state index is 12.7. The predicted molar refractivity (Wildman–Crippen MR) is 119 cm³/mol. The van der Waals surface area contributed by atoms with Crippen LogP contribution in [-0.4, -0.2) is 18.6 Å². The van der Waals surface area contributed by atoms with E-state index in [4.69, 9.17) is 16.3 Å². The van der Waals surface area contributed by atoms with Gasteiger partial charge in [0.25, 0.3) is 0 Å². The number of rotatable bonds is 5. The van der Waals surface area contributed by atoms with Crippen LogP contribution in [0.4, 0.5) is 13.2 Å². The fourth-order valence-corrected chi connectivity index (χ4v) is 6.26. The summed E-state index contributed by atoms with van der Waals surface area (Å²) in [5, 5.41) is 0.394. The van der Waals surface area contributed by atoms with Gasteiger partial charge in [0.2, 0.25) is 0 Å². The smallest absolute Gasteiger partial charge is 0.416 e. The highest BCUT2D eigenvalue weighted by Crippen LogP contribution is 2.51. The highest BCUT2D eigenvalue weighted by Gasteiger charge is 2.33. The number of hydrogen-bond donors (Lipinski definition) is 0. The van der Waals surface area contributed by atoms with E-state index >= 15 is 0 Å². The van der Waals surface area contributed by atoms with Gasteiger partial charge in [0, 0.05) is 5.03 Å². The van der Waals surface area contributed by atoms with Crippen LogP contribution in [0.25, 0.3) is 5.03 Å². The number of thioether (sulfide) groups is 2. The number of methoxy groups -OCH3 is 1. The van der Waals surface area contributed by atoms with Crippen LogP contribution in [0.3, 0.4) is 0 Å². The Bertz CT molecular complexity index is 868. The molecule has 0 N–H and O–H groups in total. The van der Waals surface area contributed by atoms with Crippen LogP contribution in [0, 0.1) is 0 Å². The molecule has 7 heteroatoms. The first-order valence-electron chi connectivity index (χ1n) is 8.99. The van der Waals surface area contributed by atoms with Gasteiger partial charge in [-0.05, 0) is 59.4 Å². The lowest BCUT2D eigenvalue weighted by molar-refractivity contribution is -0.137. The highest BCUT2D eigenvalue weighted by atomic mass is 35.5. The minimum atomic E-state index is -4.35. The minimum absolute atomic E-state index is 0.224. The van der Waals surface area contributed by atoms with Crippen LogP contribution in [-0.2, 0) is 10.3 Å². The lowest BCUT2D eigenvalue weighted by Crippen LogP contribution is -2.20. The molecule has 0 aliphatic carbocycles. The van der Waals surface area contributed by atoms with Crippen molar-refractivity contribution in [2.75, 3.05) is 18.6 Å². The van der Waals surface area contributed by atoms with Gasteiger partial charge < -0.3 is 4.74 Å². The molecule has 3 rings (SSSR count). The molecule has 0 aromatic heterocycles. The topological polar surface area (TPSA) is 9.23 Å². The van der Waals surface area contributed by atoms with Crippen molar-refractivity contribution in [3.05, 3.63) is 83.4 Å². The molecule has 2 aromatic carbocycles. The van der Waals surface area contributed by atoms with Crippen LogP contribution in [0.15, 0.2) is 66.8 Å². The lowest BCUT2D eigenvalue weighted by atomic mass is 10.1. The van der Waals surface area contributed by atoms with Gasteiger partial charge in [-0.3, -0.25) is 0 Å². The fraction of sp³-hybridized carbons (Fsp3) is 0.273. The van der Waals surface area contributed by atoms with Gasteiger partial charge in [-0.25, -0.2) is 0 Å². The van der Waals surface area contributed by atoms with E-state index in [1.165, 1.54) is 17.7 Å². The second-order valence-electron chi connectivity index (χ2n) is 6.40. The Kier molecular flexibility index (Phi) is 7.30. The number of allylic oxidation sites excluding steroid dienone is 2. The predicted octanol–water partition coefficient (Wildman–Crippen LogP) is 7.57. The molecule has 0 bridgehead atoms. The van der Waals surface area contributed by atoms with Gasteiger partial charge in [-0.2, -0.15) is 13.2 Å². The van der Waals surface area contributed by atoms with Gasteiger partial charge in [0.1, 0.15) is 9.83 Å². The Balaban J connectivity index is 1.81. The van der Waals surface area contributed by atoms with Crippen LogP contribution >= 0.6 is 35.1 Å². The van der Waals surface area contributed by atoms with E-state index in [1.807, 2.05) is 41.7 Å². The monoisotopic (exact) mass is 456 g/mol. The molecule has 0 spiro atoms. The largest absolute Gasteiger partial charge is 0.497 e. The van der Waals surface area contributed by atoms with Crippen LogP contribution in [0.1, 0.15) is 23.1 Å². The zero-order valence-electron chi connectivity index (χ0n) is 15.7. The SMILES string of the molecule is COc1ccc(C2(/C=C/C=C(\Cl)c3ccc(C(F)(F)F)cc3)SCCCS2)cc1. The minimum Gasteiger partial charge on any atom is -0.497 e. The summed E-state index contributed by atoms with van der Waals surface area (Å²) in [6.07, 6.45) is 2.52. The third kappa shape index (κ3) is 5.56. The van der Waals surface area contributed by atoms with Crippen molar-refractivity contribution in [2.45, 2.75) is 16.7 Å². The summed E-state index contributed by atoms with van der Waals surface area (Å²) in [4.78, 5) is 0. The first kappa shape index (κ1) is 22.2. The highest BCUT2D eigenvalue weighted by molar-refractivity contribution is 8.18. The summed E-state index contributed by atoms with van der Waals surface area (Å²) in [6.45, 7) is 0. The van der Waals surface area contributed by atoms with Gasteiger partial charge in [0.05, 0.1) is 12.7 Å². The molecule has 0 saturated carbocycles. The molecule has 1 fully saturated rings. The Morgan fingerprint density at radius 1 is 1.03 bits per heavy atom. The molecule has 0 amide bonds. The summed E-state index contributed by atoms with van der Waals surface area (Å²) in [5.41, 5.74) is 1.03. The summed E-state index contributed by atoms with van der Waals surface area (Å²) in [7, 11) is 1.64. The molecule has 29 heavy (non-hydrogen) atoms. The van der Waals surface area contributed by atoms with E-state index < -0.39 is 11.7 Å². The molecule has 1 aliphatic heterocycles. The van der Waals surface area contributed by atoms with Gasteiger partial charge in [-0.15, -0.1) is 23.5 Å². The number of ether oxygens (including phenoxy) is 1. The zero-order chi connectivity index (χ0) is 20.9. The third-order valence-corrected chi connectivity index (χ3v) is 8.10. The van der Waals surface area contributed by atoms with E-state index in [2.05, 4.69) is 18.2 Å². The van der Waals surface area contributed by atoms with Gasteiger partial charge in [-0.1, -0.05) is 48.0 Å². The molecule has 1 heterocycles. The van der Waals surface area contributed by atoms with E-state index in [0.29, 0.717) is 10.6 Å². The average Bonchev–Trinajstić information content (AvgIpc) is 2.74. The van der Waals surface area contributed by atoms with Crippen molar-refractivity contribution in [1.29, 1.82) is 0 Å². The van der Waals surface area contributed by atoms with Crippen molar-refractivity contribution in [1.82, 2.24) is 0 Å². The van der Waals surface area contributed by atoms with E-state index in [-0.39, 0.29) is 4.08 Å². The Labute approximate surface area is 182 Å². The Hall–Kier alpha value is -1.50. The second-order valence-corrected chi connectivity index (χ2v) is 9.74. The van der Waals surface area contributed by atoms with Crippen molar-refractivity contribution >= 4 is 40.2 Å². The second kappa shape index (κ2) is 9.54. The van der Waals surface area contributed by atoms with Crippen LogP contribution in [0.2, 0.25) is 0 Å². The Morgan fingerprint density at radius 3 is 2.21 bits per heavy atom. The van der Waals surface area contributed by atoms with Crippen LogP contribution in [0.5, 0.6) is 5.75 Å². The quantitative estimate of drug-likeness (QED) is 0.429. The lowest BCUT2D eigenvalue weighted by Gasteiger charge is -2.34. The maximum Gasteiger partial charge on any atom is 0.416 e. The third-order valence-electron chi connectivity index (χ3n) is 4.46. The van der Waals surface area contributed by atoms with Crippen LogP contribution < -0.4 is 4.74 Å². The summed E-state index contributed by atoms with van der Waals surface area (Å²) < 4.78 is 43.2.